The number of esters is 3. The third-order valence-electron chi connectivity index (χ3n) is 5.96. The molecule has 0 aromatic rings. The zero-order valence-electron chi connectivity index (χ0n) is 28.8. The molecule has 0 aliphatic carbocycles. The Morgan fingerprint density at radius 3 is 1.45 bits per heavy atom. The van der Waals surface area contributed by atoms with Gasteiger partial charge in [0.05, 0.1) is 38.4 Å². The van der Waals surface area contributed by atoms with E-state index in [9.17, 15) is 24.0 Å². The molecular weight excluding hydrogens is 848 g/mol. The van der Waals surface area contributed by atoms with Crippen LogP contribution in [0.1, 0.15) is 41.5 Å². The van der Waals surface area contributed by atoms with E-state index in [1.807, 2.05) is 0 Å². The number of carbonyl (C=O) groups excluding carboxylic acids is 5. The fourth-order valence-electron chi connectivity index (χ4n) is 3.11. The summed E-state index contributed by atoms with van der Waals surface area (Å²) in [6.07, 6.45) is 0. The molecule has 0 aliphatic rings. The monoisotopic (exact) mass is 896 g/mol. The maximum Gasteiger partial charge on any atom is 0.322 e. The summed E-state index contributed by atoms with van der Waals surface area (Å²) in [6.45, 7) is 9.12. The van der Waals surface area contributed by atoms with E-state index in [4.69, 9.17) is 45.3 Å². The smallest absolute Gasteiger partial charge is 0.322 e. The summed E-state index contributed by atoms with van der Waals surface area (Å²) in [4.78, 5) is 62.0. The summed E-state index contributed by atoms with van der Waals surface area (Å²) in [5.41, 5.74) is 9.46. The number of nitrogens with one attached hydrogen (secondary N) is 4. The lowest BCUT2D eigenvalue weighted by Crippen LogP contribution is -2.49. The van der Waals surface area contributed by atoms with Crippen molar-refractivity contribution in [2.45, 2.75) is 60.6 Å². The molecule has 0 fully saturated rings. The van der Waals surface area contributed by atoms with Gasteiger partial charge in [-0.05, 0) is 41.5 Å². The van der Waals surface area contributed by atoms with Crippen molar-refractivity contribution >= 4 is 83.5 Å². The highest BCUT2D eigenvalue weighted by Crippen LogP contribution is 2.27. The van der Waals surface area contributed by atoms with Gasteiger partial charge < -0.3 is 55.8 Å². The largest absolute Gasteiger partial charge is 0.464 e. The van der Waals surface area contributed by atoms with Gasteiger partial charge in [-0.1, -0.05) is 47.8 Å². The van der Waals surface area contributed by atoms with Gasteiger partial charge in [-0.3, -0.25) is 29.4 Å². The van der Waals surface area contributed by atoms with Gasteiger partial charge in [0, 0.05) is 19.6 Å². The molecule has 0 aromatic carbocycles. The zero-order valence-corrected chi connectivity index (χ0v) is 33.6. The van der Waals surface area contributed by atoms with Crippen molar-refractivity contribution in [2.75, 3.05) is 79.1 Å². The van der Waals surface area contributed by atoms with Crippen LogP contribution in [0.25, 0.3) is 0 Å². The molecule has 0 saturated heterocycles. The van der Waals surface area contributed by atoms with Crippen molar-refractivity contribution < 1.29 is 52.4 Å². The van der Waals surface area contributed by atoms with Crippen LogP contribution < -0.4 is 27.4 Å². The molecule has 49 heavy (non-hydrogen) atoms. The lowest BCUT2D eigenvalue weighted by atomic mass is 9.92. The second-order valence-corrected chi connectivity index (χ2v) is 18.4. The lowest BCUT2D eigenvalue weighted by Gasteiger charge is -2.34. The molecule has 2 amide bonds. The third kappa shape index (κ3) is 22.4. The standard InChI is InChI=1S/C29H51Br3N6O11/c1-26(2,30)22(41)47-16-29(17-48-23(42)27(3,4)31,18-49-24(43)28(5,6)32)15-46-14-20(39)36-7-9-44-11-12-45-10-8-37-21(40)19(33)13-38-25(34)35/h19H,7-18,33H2,1-6H3,(H,36,39)(H,37,40)(H4,34,35,38). The predicted octanol–water partition coefficient (Wildman–Crippen LogP) is 0.215. The number of guanidine groups is 1. The van der Waals surface area contributed by atoms with Crippen molar-refractivity contribution in [1.29, 1.82) is 5.41 Å². The second kappa shape index (κ2) is 22.7. The molecule has 0 aromatic heterocycles. The maximum absolute atomic E-state index is 12.6. The first-order valence-electron chi connectivity index (χ1n) is 15.2. The molecule has 0 spiro atoms. The summed E-state index contributed by atoms with van der Waals surface area (Å²) < 4.78 is 29.9. The number of carbonyl (C=O) groups is 5. The van der Waals surface area contributed by atoms with Crippen LogP contribution in [-0.4, -0.2) is 134 Å². The molecule has 17 nitrogen and oxygen atoms in total. The fraction of sp³-hybridized carbons (Fsp3) is 0.793. The van der Waals surface area contributed by atoms with Gasteiger partial charge in [-0.15, -0.1) is 0 Å². The van der Waals surface area contributed by atoms with E-state index in [1.54, 1.807) is 41.5 Å². The number of hydrogen-bond donors (Lipinski definition) is 6. The van der Waals surface area contributed by atoms with E-state index in [-0.39, 0.29) is 78.4 Å². The highest BCUT2D eigenvalue weighted by molar-refractivity contribution is 9.10. The van der Waals surface area contributed by atoms with E-state index in [1.165, 1.54) is 0 Å². The third-order valence-corrected chi connectivity index (χ3v) is 6.93. The Kier molecular flexibility index (Phi) is 21.7. The number of ether oxygens (including phenoxy) is 6. The van der Waals surface area contributed by atoms with Crippen molar-refractivity contribution in [2.24, 2.45) is 16.9 Å². The van der Waals surface area contributed by atoms with Gasteiger partial charge in [-0.2, -0.15) is 0 Å². The Morgan fingerprint density at radius 2 is 1.06 bits per heavy atom. The molecule has 284 valence electrons. The van der Waals surface area contributed by atoms with Crippen LogP contribution in [0.2, 0.25) is 0 Å². The van der Waals surface area contributed by atoms with E-state index >= 15 is 0 Å². The van der Waals surface area contributed by atoms with Crippen LogP contribution in [-0.2, 0) is 52.4 Å². The van der Waals surface area contributed by atoms with Gasteiger partial charge in [0.25, 0.3) is 0 Å². The average Bonchev–Trinajstić information content (AvgIpc) is 2.98. The normalized spacial score (nSPS) is 12.8. The summed E-state index contributed by atoms with van der Waals surface area (Å²) in [5.74, 6) is -3.02. The molecule has 8 N–H and O–H groups in total. The van der Waals surface area contributed by atoms with Crippen LogP contribution in [0, 0.1) is 10.8 Å². The second-order valence-electron chi connectivity index (χ2n) is 12.4. The zero-order chi connectivity index (χ0) is 37.9. The molecule has 1 atom stereocenters. The van der Waals surface area contributed by atoms with Crippen LogP contribution in [0.3, 0.4) is 0 Å². The minimum Gasteiger partial charge on any atom is -0.464 e. The first-order chi connectivity index (χ1) is 22.5. The number of halogens is 3. The Hall–Kier alpha value is -2.10. The molecule has 0 radical (unpaired) electrons. The van der Waals surface area contributed by atoms with E-state index < -0.39 is 60.8 Å². The molecular formula is C29H51Br3N6O11. The summed E-state index contributed by atoms with van der Waals surface area (Å²) in [7, 11) is 0. The highest BCUT2D eigenvalue weighted by Gasteiger charge is 2.41. The Bertz CT molecular complexity index is 1020. The van der Waals surface area contributed by atoms with Crippen LogP contribution in [0.4, 0.5) is 0 Å². The summed E-state index contributed by atoms with van der Waals surface area (Å²) in [6, 6.07) is -0.861. The van der Waals surface area contributed by atoms with Gasteiger partial charge in [-0.25, -0.2) is 0 Å². The van der Waals surface area contributed by atoms with Crippen LogP contribution in [0.15, 0.2) is 0 Å². The number of hydrogen-bond acceptors (Lipinski definition) is 13. The molecule has 0 rings (SSSR count). The van der Waals surface area contributed by atoms with Crippen LogP contribution in [0.5, 0.6) is 0 Å². The number of nitrogens with two attached hydrogens (primary N) is 2. The summed E-state index contributed by atoms with van der Waals surface area (Å²) in [5, 5.41) is 14.8. The predicted molar refractivity (Wildman–Crippen MR) is 191 cm³/mol. The maximum atomic E-state index is 12.6. The Morgan fingerprint density at radius 1 is 0.653 bits per heavy atom. The Labute approximate surface area is 312 Å². The molecule has 0 bridgehead atoms. The van der Waals surface area contributed by atoms with Crippen molar-refractivity contribution in [3.63, 3.8) is 0 Å². The van der Waals surface area contributed by atoms with Crippen molar-refractivity contribution in [1.82, 2.24) is 16.0 Å². The van der Waals surface area contributed by atoms with Gasteiger partial charge >= 0.3 is 17.9 Å². The minimum atomic E-state index is -1.36. The molecule has 0 aliphatic heterocycles. The van der Waals surface area contributed by atoms with Crippen molar-refractivity contribution in [3.05, 3.63) is 0 Å². The first-order valence-corrected chi connectivity index (χ1v) is 17.6. The molecule has 20 heteroatoms. The number of alkyl halides is 3. The van der Waals surface area contributed by atoms with E-state index in [0.29, 0.717) is 0 Å². The highest BCUT2D eigenvalue weighted by atomic mass is 79.9. The van der Waals surface area contributed by atoms with Gasteiger partial charge in [0.2, 0.25) is 11.8 Å². The number of rotatable bonds is 25. The quantitative estimate of drug-likeness (QED) is 0.0179. The van der Waals surface area contributed by atoms with Crippen LogP contribution >= 0.6 is 47.8 Å². The molecule has 0 saturated carbocycles. The average molecular weight is 899 g/mol. The first kappa shape index (κ1) is 46.9. The van der Waals surface area contributed by atoms with Gasteiger partial charge in [0.1, 0.15) is 45.4 Å². The lowest BCUT2D eigenvalue weighted by molar-refractivity contribution is -0.170. The molecule has 0 heterocycles. The van der Waals surface area contributed by atoms with E-state index in [0.717, 1.165) is 0 Å². The topological polar surface area (TPSA) is 253 Å². The number of amides is 2. The summed E-state index contributed by atoms with van der Waals surface area (Å²) >= 11 is 9.73. The molecule has 1 unspecified atom stereocenters. The fourth-order valence-corrected chi connectivity index (χ4v) is 3.45. The Balaban J connectivity index is 4.90. The van der Waals surface area contributed by atoms with E-state index in [2.05, 4.69) is 63.7 Å². The SMILES string of the molecule is CC(C)(Br)C(=O)OCC(COCC(=O)NCCOCCOCCNC(=O)C(N)CNC(=N)N)(COC(=O)C(C)(C)Br)COC(=O)C(C)(C)Br. The minimum absolute atomic E-state index is 0.0351. The van der Waals surface area contributed by atoms with Crippen molar-refractivity contribution in [3.8, 4) is 0 Å². The van der Waals surface area contributed by atoms with Gasteiger partial charge in [0.15, 0.2) is 5.96 Å².